The molecule has 25 heavy (non-hydrogen) atoms. The molecule has 1 heterocycles. The number of nitrogens with zero attached hydrogens (tertiary/aromatic N) is 3. The zero-order valence-corrected chi connectivity index (χ0v) is 14.6. The molecule has 0 atom stereocenters. The van der Waals surface area contributed by atoms with Crippen LogP contribution in [0.1, 0.15) is 10.4 Å². The number of benzene rings is 1. The summed E-state index contributed by atoms with van der Waals surface area (Å²) in [4.78, 5) is 41.0. The first-order valence-corrected chi connectivity index (χ1v) is 8.04. The lowest BCUT2D eigenvalue weighted by atomic mass is 10.1. The van der Waals surface area contributed by atoms with Crippen LogP contribution in [0.3, 0.4) is 0 Å². The highest BCUT2D eigenvalue weighted by atomic mass is 16.5. The van der Waals surface area contributed by atoms with Crippen molar-refractivity contribution in [3.63, 3.8) is 0 Å². The molecule has 0 radical (unpaired) electrons. The molecule has 0 aromatic heterocycles. The minimum absolute atomic E-state index is 0.0686. The van der Waals surface area contributed by atoms with Crippen LogP contribution in [0.2, 0.25) is 0 Å². The number of anilines is 1. The van der Waals surface area contributed by atoms with E-state index in [4.69, 9.17) is 4.74 Å². The van der Waals surface area contributed by atoms with E-state index >= 15 is 0 Å². The predicted molar refractivity (Wildman–Crippen MR) is 94.4 cm³/mol. The van der Waals surface area contributed by atoms with Crippen LogP contribution < -0.4 is 4.90 Å². The number of piperazine rings is 1. The van der Waals surface area contributed by atoms with E-state index in [0.29, 0.717) is 37.5 Å². The van der Waals surface area contributed by atoms with E-state index < -0.39 is 0 Å². The minimum Gasteiger partial charge on any atom is -0.383 e. The van der Waals surface area contributed by atoms with Gasteiger partial charge in [-0.1, -0.05) is 6.58 Å². The Labute approximate surface area is 147 Å². The Morgan fingerprint density at radius 3 is 2.52 bits per heavy atom. The number of carbonyl (C=O) groups excluding carboxylic acids is 3. The molecule has 1 fully saturated rings. The van der Waals surface area contributed by atoms with E-state index in [1.807, 2.05) is 0 Å². The predicted octanol–water partition coefficient (Wildman–Crippen LogP) is 0.766. The standard InChI is InChI=1S/C18H23N3O4/c1-4-16(22)19(2)15-7-5-14(6-8-15)18(24)21-10-9-20(11-12-25-3)17(23)13-21/h4-8H,1,9-13H2,2-3H3. The largest absolute Gasteiger partial charge is 0.383 e. The first kappa shape index (κ1) is 18.7. The summed E-state index contributed by atoms with van der Waals surface area (Å²) in [5.74, 6) is -0.495. The maximum Gasteiger partial charge on any atom is 0.254 e. The highest BCUT2D eigenvalue weighted by molar-refractivity contribution is 6.01. The summed E-state index contributed by atoms with van der Waals surface area (Å²) in [6, 6.07) is 6.72. The van der Waals surface area contributed by atoms with Gasteiger partial charge in [-0.15, -0.1) is 0 Å². The lowest BCUT2D eigenvalue weighted by molar-refractivity contribution is -0.135. The Bertz CT molecular complexity index is 657. The molecule has 1 saturated heterocycles. The summed E-state index contributed by atoms with van der Waals surface area (Å²) < 4.78 is 4.98. The second-order valence-electron chi connectivity index (χ2n) is 5.75. The third-order valence-electron chi connectivity index (χ3n) is 4.18. The second kappa shape index (κ2) is 8.43. The molecule has 0 spiro atoms. The van der Waals surface area contributed by atoms with Gasteiger partial charge in [0.25, 0.3) is 5.91 Å². The van der Waals surface area contributed by atoms with Crippen molar-refractivity contribution in [2.75, 3.05) is 51.8 Å². The van der Waals surface area contributed by atoms with Crippen LogP contribution in [0.5, 0.6) is 0 Å². The normalized spacial score (nSPS) is 14.4. The van der Waals surface area contributed by atoms with E-state index in [1.165, 1.54) is 11.0 Å². The van der Waals surface area contributed by atoms with Crippen LogP contribution in [0.15, 0.2) is 36.9 Å². The Morgan fingerprint density at radius 2 is 1.96 bits per heavy atom. The maximum atomic E-state index is 12.6. The number of hydrogen-bond acceptors (Lipinski definition) is 4. The monoisotopic (exact) mass is 345 g/mol. The third-order valence-corrected chi connectivity index (χ3v) is 4.18. The minimum atomic E-state index is -0.225. The fourth-order valence-electron chi connectivity index (χ4n) is 2.59. The lowest BCUT2D eigenvalue weighted by Crippen LogP contribution is -2.52. The van der Waals surface area contributed by atoms with Crippen molar-refractivity contribution in [3.05, 3.63) is 42.5 Å². The summed E-state index contributed by atoms with van der Waals surface area (Å²) in [6.45, 7) is 5.53. The van der Waals surface area contributed by atoms with Gasteiger partial charge in [0.2, 0.25) is 11.8 Å². The second-order valence-corrected chi connectivity index (χ2v) is 5.75. The summed E-state index contributed by atoms with van der Waals surface area (Å²) in [5.41, 5.74) is 1.16. The van der Waals surface area contributed by atoms with E-state index in [0.717, 1.165) is 0 Å². The molecule has 134 valence electrons. The van der Waals surface area contributed by atoms with Gasteiger partial charge in [0.15, 0.2) is 0 Å². The summed E-state index contributed by atoms with van der Waals surface area (Å²) in [7, 11) is 3.23. The van der Waals surface area contributed by atoms with Gasteiger partial charge < -0.3 is 19.4 Å². The lowest BCUT2D eigenvalue weighted by Gasteiger charge is -2.34. The zero-order chi connectivity index (χ0) is 18.4. The van der Waals surface area contributed by atoms with Crippen molar-refractivity contribution in [3.8, 4) is 0 Å². The molecule has 7 nitrogen and oxygen atoms in total. The number of methoxy groups -OCH3 is 1. The van der Waals surface area contributed by atoms with E-state index in [9.17, 15) is 14.4 Å². The van der Waals surface area contributed by atoms with E-state index in [1.54, 1.807) is 48.2 Å². The van der Waals surface area contributed by atoms with E-state index in [-0.39, 0.29) is 24.3 Å². The molecule has 0 saturated carbocycles. The summed E-state index contributed by atoms with van der Waals surface area (Å²) >= 11 is 0. The van der Waals surface area contributed by atoms with Crippen molar-refractivity contribution >= 4 is 23.4 Å². The van der Waals surface area contributed by atoms with Gasteiger partial charge in [0, 0.05) is 45.0 Å². The van der Waals surface area contributed by atoms with Gasteiger partial charge in [0.1, 0.15) is 6.54 Å². The van der Waals surface area contributed by atoms with Crippen molar-refractivity contribution in [1.82, 2.24) is 9.80 Å². The van der Waals surface area contributed by atoms with Crippen LogP contribution >= 0.6 is 0 Å². The van der Waals surface area contributed by atoms with Crippen molar-refractivity contribution in [2.45, 2.75) is 0 Å². The van der Waals surface area contributed by atoms with Crippen molar-refractivity contribution in [1.29, 1.82) is 0 Å². The molecule has 0 aliphatic carbocycles. The number of ether oxygens (including phenoxy) is 1. The number of rotatable bonds is 6. The first-order chi connectivity index (χ1) is 12.0. The highest BCUT2D eigenvalue weighted by Crippen LogP contribution is 2.16. The molecule has 0 bridgehead atoms. The van der Waals surface area contributed by atoms with Crippen LogP contribution in [-0.4, -0.2) is 74.5 Å². The highest BCUT2D eigenvalue weighted by Gasteiger charge is 2.27. The van der Waals surface area contributed by atoms with E-state index in [2.05, 4.69) is 6.58 Å². The molecular weight excluding hydrogens is 322 g/mol. The number of amides is 3. The maximum absolute atomic E-state index is 12.6. The number of hydrogen-bond donors (Lipinski definition) is 0. The van der Waals surface area contributed by atoms with Crippen molar-refractivity contribution in [2.24, 2.45) is 0 Å². The molecular formula is C18H23N3O4. The quantitative estimate of drug-likeness (QED) is 0.714. The Balaban J connectivity index is 2.00. The molecule has 0 unspecified atom stereocenters. The van der Waals surface area contributed by atoms with Gasteiger partial charge in [-0.05, 0) is 30.3 Å². The number of carbonyl (C=O) groups is 3. The fourth-order valence-corrected chi connectivity index (χ4v) is 2.59. The third kappa shape index (κ3) is 4.45. The van der Waals surface area contributed by atoms with Gasteiger partial charge in [-0.2, -0.15) is 0 Å². The average molecular weight is 345 g/mol. The zero-order valence-electron chi connectivity index (χ0n) is 14.6. The molecule has 2 rings (SSSR count). The van der Waals surface area contributed by atoms with Gasteiger partial charge in [-0.25, -0.2) is 0 Å². The molecule has 1 aromatic carbocycles. The van der Waals surface area contributed by atoms with Crippen LogP contribution in [0.4, 0.5) is 5.69 Å². The van der Waals surface area contributed by atoms with Crippen LogP contribution in [-0.2, 0) is 14.3 Å². The first-order valence-electron chi connectivity index (χ1n) is 8.04. The molecule has 1 aliphatic rings. The van der Waals surface area contributed by atoms with Crippen LogP contribution in [0, 0.1) is 0 Å². The topological polar surface area (TPSA) is 70.2 Å². The molecule has 1 aromatic rings. The summed E-state index contributed by atoms with van der Waals surface area (Å²) in [6.07, 6.45) is 1.23. The Morgan fingerprint density at radius 1 is 1.28 bits per heavy atom. The summed E-state index contributed by atoms with van der Waals surface area (Å²) in [5, 5.41) is 0. The Hall–Kier alpha value is -2.67. The fraction of sp³-hybridized carbons (Fsp3) is 0.389. The Kier molecular flexibility index (Phi) is 6.30. The molecule has 7 heteroatoms. The molecule has 0 N–H and O–H groups in total. The average Bonchev–Trinajstić information content (AvgIpc) is 2.65. The smallest absolute Gasteiger partial charge is 0.254 e. The van der Waals surface area contributed by atoms with Gasteiger partial charge in [-0.3, -0.25) is 14.4 Å². The molecule has 3 amide bonds. The molecule has 1 aliphatic heterocycles. The van der Waals surface area contributed by atoms with Gasteiger partial charge in [0.05, 0.1) is 6.61 Å². The number of likely N-dealkylation sites (N-methyl/N-ethyl adjacent to an activating group) is 1. The SMILES string of the molecule is C=CC(=O)N(C)c1ccc(C(=O)N2CCN(CCOC)C(=O)C2)cc1. The van der Waals surface area contributed by atoms with Crippen molar-refractivity contribution < 1.29 is 19.1 Å². The van der Waals surface area contributed by atoms with Crippen LogP contribution in [0.25, 0.3) is 0 Å². The van der Waals surface area contributed by atoms with Gasteiger partial charge >= 0.3 is 0 Å².